The number of hydrogen-bond acceptors (Lipinski definition) is 3. The minimum Gasteiger partial charge on any atom is -0.372 e. The fourth-order valence-corrected chi connectivity index (χ4v) is 2.54. The van der Waals surface area contributed by atoms with E-state index in [1.54, 1.807) is 17.8 Å². The van der Waals surface area contributed by atoms with Crippen LogP contribution in [-0.2, 0) is 12.7 Å². The number of anilines is 1. The molecule has 0 fully saturated rings. The fourth-order valence-electron chi connectivity index (χ4n) is 1.96. The van der Waals surface area contributed by atoms with E-state index in [0.717, 1.165) is 12.2 Å². The molecular weight excluding hydrogens is 285 g/mol. The molecule has 1 unspecified atom stereocenters. The molecule has 0 aliphatic carbocycles. The molecule has 20 heavy (non-hydrogen) atoms. The smallest absolute Gasteiger partial charge is 0.372 e. The van der Waals surface area contributed by atoms with Crippen LogP contribution in [0.3, 0.4) is 0 Å². The first-order chi connectivity index (χ1) is 9.31. The third-order valence-corrected chi connectivity index (χ3v) is 4.07. The van der Waals surface area contributed by atoms with Crippen LogP contribution < -0.4 is 10.6 Å². The summed E-state index contributed by atoms with van der Waals surface area (Å²) in [5, 5.41) is 0. The Morgan fingerprint density at radius 3 is 2.50 bits per heavy atom. The molecule has 1 atom stereocenters. The Kier molecular flexibility index (Phi) is 6.20. The summed E-state index contributed by atoms with van der Waals surface area (Å²) in [6, 6.07) is 4.55. The maximum absolute atomic E-state index is 13.0. The zero-order valence-electron chi connectivity index (χ0n) is 12.0. The van der Waals surface area contributed by atoms with Crippen molar-refractivity contribution in [3.8, 4) is 0 Å². The first kappa shape index (κ1) is 17.2. The average Bonchev–Trinajstić information content (AvgIpc) is 2.42. The predicted octanol–water partition coefficient (Wildman–Crippen LogP) is 3.74. The monoisotopic (exact) mass is 306 g/mol. The number of alkyl halides is 3. The van der Waals surface area contributed by atoms with E-state index in [1.165, 1.54) is 12.1 Å². The molecule has 114 valence electrons. The van der Waals surface area contributed by atoms with Gasteiger partial charge >= 0.3 is 6.18 Å². The van der Waals surface area contributed by atoms with E-state index in [2.05, 4.69) is 0 Å². The van der Waals surface area contributed by atoms with Crippen molar-refractivity contribution in [2.75, 3.05) is 24.0 Å². The van der Waals surface area contributed by atoms with Crippen LogP contribution in [0, 0.1) is 0 Å². The van der Waals surface area contributed by atoms with E-state index in [-0.39, 0.29) is 18.2 Å². The van der Waals surface area contributed by atoms with Crippen LogP contribution in [-0.4, -0.2) is 25.1 Å². The van der Waals surface area contributed by atoms with Gasteiger partial charge in [-0.25, -0.2) is 0 Å². The van der Waals surface area contributed by atoms with Gasteiger partial charge < -0.3 is 10.6 Å². The van der Waals surface area contributed by atoms with Crippen LogP contribution >= 0.6 is 11.8 Å². The first-order valence-corrected chi connectivity index (χ1v) is 7.82. The molecule has 0 aromatic heterocycles. The van der Waals surface area contributed by atoms with Gasteiger partial charge in [0.1, 0.15) is 0 Å². The van der Waals surface area contributed by atoms with Crippen molar-refractivity contribution in [2.45, 2.75) is 32.1 Å². The Morgan fingerprint density at radius 2 is 2.00 bits per heavy atom. The lowest BCUT2D eigenvalue weighted by atomic mass is 10.0. The molecule has 0 aliphatic heterocycles. The second-order valence-corrected chi connectivity index (χ2v) is 5.77. The molecule has 2 nitrogen and oxygen atoms in total. The van der Waals surface area contributed by atoms with Crippen LogP contribution in [0.4, 0.5) is 18.9 Å². The van der Waals surface area contributed by atoms with Gasteiger partial charge in [-0.05, 0) is 43.0 Å². The molecule has 0 aliphatic rings. The molecule has 1 rings (SSSR count). The normalized spacial score (nSPS) is 13.3. The Balaban J connectivity index is 3.02. The minimum absolute atomic E-state index is 0.110. The molecule has 0 amide bonds. The van der Waals surface area contributed by atoms with Crippen LogP contribution in [0.2, 0.25) is 0 Å². The summed E-state index contributed by atoms with van der Waals surface area (Å²) < 4.78 is 39.0. The Morgan fingerprint density at radius 1 is 1.35 bits per heavy atom. The van der Waals surface area contributed by atoms with Crippen molar-refractivity contribution in [1.82, 2.24) is 0 Å². The topological polar surface area (TPSA) is 29.3 Å². The van der Waals surface area contributed by atoms with E-state index in [0.29, 0.717) is 5.69 Å². The highest BCUT2D eigenvalue weighted by Gasteiger charge is 2.33. The molecule has 0 heterocycles. The molecule has 6 heteroatoms. The molecular formula is C14H21F3N2S. The molecule has 1 aromatic carbocycles. The Bertz CT molecular complexity index is 435. The lowest BCUT2D eigenvalue weighted by molar-refractivity contribution is -0.138. The lowest BCUT2D eigenvalue weighted by Crippen LogP contribution is -2.29. The van der Waals surface area contributed by atoms with Crippen molar-refractivity contribution in [1.29, 1.82) is 0 Å². The van der Waals surface area contributed by atoms with E-state index in [1.807, 2.05) is 25.1 Å². The van der Waals surface area contributed by atoms with Gasteiger partial charge in [0.15, 0.2) is 0 Å². The van der Waals surface area contributed by atoms with Crippen molar-refractivity contribution < 1.29 is 13.2 Å². The summed E-state index contributed by atoms with van der Waals surface area (Å²) in [5.41, 5.74) is 5.45. The molecule has 2 N–H and O–H groups in total. The van der Waals surface area contributed by atoms with Crippen LogP contribution in [0.5, 0.6) is 0 Å². The van der Waals surface area contributed by atoms with Gasteiger partial charge in [0, 0.05) is 25.3 Å². The predicted molar refractivity (Wildman–Crippen MR) is 80.2 cm³/mol. The fraction of sp³-hybridized carbons (Fsp3) is 0.571. The second-order valence-electron chi connectivity index (χ2n) is 4.78. The largest absolute Gasteiger partial charge is 0.416 e. The second kappa shape index (κ2) is 7.22. The van der Waals surface area contributed by atoms with Crippen molar-refractivity contribution in [3.05, 3.63) is 29.3 Å². The Hall–Kier alpha value is -0.880. The number of halogens is 3. The number of rotatable bonds is 6. The van der Waals surface area contributed by atoms with Gasteiger partial charge in [0.25, 0.3) is 0 Å². The SMILES string of the molecule is CSCCC(C)N(C)c1ccc(CN)c(C(F)(F)F)c1. The lowest BCUT2D eigenvalue weighted by Gasteiger charge is -2.28. The summed E-state index contributed by atoms with van der Waals surface area (Å²) in [4.78, 5) is 1.88. The number of nitrogens with two attached hydrogens (primary N) is 1. The van der Waals surface area contributed by atoms with E-state index >= 15 is 0 Å². The van der Waals surface area contributed by atoms with Gasteiger partial charge in [-0.1, -0.05) is 6.07 Å². The standard InChI is InChI=1S/C14H21F3N2S/c1-10(6-7-20-3)19(2)12-5-4-11(9-18)13(8-12)14(15,16)17/h4-5,8,10H,6-7,9,18H2,1-3H3. The zero-order chi connectivity index (χ0) is 15.3. The minimum atomic E-state index is -4.37. The molecule has 0 bridgehead atoms. The summed E-state index contributed by atoms with van der Waals surface area (Å²) in [7, 11) is 1.82. The summed E-state index contributed by atoms with van der Waals surface area (Å²) in [6.07, 6.45) is -1.42. The van der Waals surface area contributed by atoms with Crippen LogP contribution in [0.15, 0.2) is 18.2 Å². The maximum atomic E-state index is 13.0. The third-order valence-electron chi connectivity index (χ3n) is 3.43. The van der Waals surface area contributed by atoms with Crippen molar-refractivity contribution in [3.63, 3.8) is 0 Å². The summed E-state index contributed by atoms with van der Waals surface area (Å²) in [5.74, 6) is 0.985. The molecule has 0 saturated carbocycles. The molecule has 0 radical (unpaired) electrons. The zero-order valence-corrected chi connectivity index (χ0v) is 12.8. The molecule has 1 aromatic rings. The van der Waals surface area contributed by atoms with Gasteiger partial charge in [-0.15, -0.1) is 0 Å². The van der Waals surface area contributed by atoms with Gasteiger partial charge in [-0.3, -0.25) is 0 Å². The number of benzene rings is 1. The van der Waals surface area contributed by atoms with Gasteiger partial charge in [-0.2, -0.15) is 24.9 Å². The van der Waals surface area contributed by atoms with Crippen LogP contribution in [0.1, 0.15) is 24.5 Å². The molecule has 0 saturated heterocycles. The highest BCUT2D eigenvalue weighted by Crippen LogP contribution is 2.34. The van der Waals surface area contributed by atoms with E-state index < -0.39 is 11.7 Å². The van der Waals surface area contributed by atoms with Crippen molar-refractivity contribution in [2.24, 2.45) is 5.73 Å². The van der Waals surface area contributed by atoms with Gasteiger partial charge in [0.05, 0.1) is 5.56 Å². The summed E-state index contributed by atoms with van der Waals surface area (Å²) >= 11 is 1.73. The summed E-state index contributed by atoms with van der Waals surface area (Å²) in [6.45, 7) is 1.90. The highest BCUT2D eigenvalue weighted by atomic mass is 32.2. The maximum Gasteiger partial charge on any atom is 0.416 e. The van der Waals surface area contributed by atoms with E-state index in [4.69, 9.17) is 5.73 Å². The Labute approximate surface area is 122 Å². The number of hydrogen-bond donors (Lipinski definition) is 1. The van der Waals surface area contributed by atoms with Gasteiger partial charge in [0.2, 0.25) is 0 Å². The van der Waals surface area contributed by atoms with Crippen molar-refractivity contribution >= 4 is 17.4 Å². The highest BCUT2D eigenvalue weighted by molar-refractivity contribution is 7.98. The average molecular weight is 306 g/mol. The number of nitrogens with zero attached hydrogens (tertiary/aromatic N) is 1. The number of thioether (sulfide) groups is 1. The van der Waals surface area contributed by atoms with E-state index in [9.17, 15) is 13.2 Å². The quantitative estimate of drug-likeness (QED) is 0.868. The first-order valence-electron chi connectivity index (χ1n) is 6.43. The van der Waals surface area contributed by atoms with Crippen LogP contribution in [0.25, 0.3) is 0 Å². The third kappa shape index (κ3) is 4.31. The molecule has 0 spiro atoms.